The third kappa shape index (κ3) is 4.26. The van der Waals surface area contributed by atoms with Crippen molar-refractivity contribution in [2.24, 2.45) is 0 Å². The average Bonchev–Trinajstić information content (AvgIpc) is 2.37. The molecule has 0 aromatic carbocycles. The van der Waals surface area contributed by atoms with Crippen molar-refractivity contribution in [3.05, 3.63) is 0 Å². The van der Waals surface area contributed by atoms with Gasteiger partial charge in [-0.15, -0.1) is 0 Å². The van der Waals surface area contributed by atoms with Gasteiger partial charge in [0.2, 0.25) is 0 Å². The van der Waals surface area contributed by atoms with E-state index in [1.54, 1.807) is 0 Å². The Bertz CT molecular complexity index is 274. The second-order valence-electron chi connectivity index (χ2n) is 6.02. The number of rotatable bonds is 6. The molecule has 0 aromatic rings. The van der Waals surface area contributed by atoms with E-state index in [9.17, 15) is 0 Å². The fourth-order valence-electron chi connectivity index (χ4n) is 2.93. The van der Waals surface area contributed by atoms with E-state index in [4.69, 9.17) is 5.26 Å². The predicted octanol–water partition coefficient (Wildman–Crippen LogP) is 2.92. The maximum Gasteiger partial charge on any atom is 0.103 e. The smallest absolute Gasteiger partial charge is 0.103 e. The molecule has 0 aliphatic carbocycles. The number of piperidine rings is 1. The van der Waals surface area contributed by atoms with Gasteiger partial charge in [0.15, 0.2) is 0 Å². The summed E-state index contributed by atoms with van der Waals surface area (Å²) in [7, 11) is 1.87. The number of hydrogen-bond donors (Lipinski definition) is 1. The van der Waals surface area contributed by atoms with Crippen LogP contribution < -0.4 is 5.32 Å². The van der Waals surface area contributed by atoms with E-state index in [-0.39, 0.29) is 5.54 Å². The van der Waals surface area contributed by atoms with Crippen molar-refractivity contribution in [3.8, 4) is 6.07 Å². The van der Waals surface area contributed by atoms with Crippen molar-refractivity contribution < 1.29 is 0 Å². The van der Waals surface area contributed by atoms with Crippen molar-refractivity contribution in [2.75, 3.05) is 13.6 Å². The van der Waals surface area contributed by atoms with Gasteiger partial charge in [-0.3, -0.25) is 4.90 Å². The largest absolute Gasteiger partial charge is 0.303 e. The van der Waals surface area contributed by atoms with Gasteiger partial charge in [0, 0.05) is 12.1 Å². The Morgan fingerprint density at radius 3 is 2.39 bits per heavy atom. The van der Waals surface area contributed by atoms with Crippen molar-refractivity contribution in [1.29, 1.82) is 5.26 Å². The summed E-state index contributed by atoms with van der Waals surface area (Å²) < 4.78 is 0. The molecule has 0 bridgehead atoms. The molecule has 0 radical (unpaired) electrons. The van der Waals surface area contributed by atoms with Gasteiger partial charge in [0.1, 0.15) is 5.54 Å². The molecular formula is C15H29N3. The molecular weight excluding hydrogens is 222 g/mol. The number of likely N-dealkylation sites (tertiary alicyclic amines) is 1. The Kier molecular flexibility index (Phi) is 6.11. The van der Waals surface area contributed by atoms with Crippen LogP contribution in [0, 0.1) is 11.3 Å². The van der Waals surface area contributed by atoms with Crippen LogP contribution in [0.5, 0.6) is 0 Å². The molecule has 3 atom stereocenters. The van der Waals surface area contributed by atoms with Gasteiger partial charge in [-0.1, -0.05) is 6.42 Å². The lowest BCUT2D eigenvalue weighted by molar-refractivity contribution is 0.101. The standard InChI is InChI=1S/C15H29N3/c1-13-8-7-9-14(2)18(13)11-6-5-10-15(3,12-16)17-4/h13-14,17H,5-11H2,1-4H3. The summed E-state index contributed by atoms with van der Waals surface area (Å²) in [5.41, 5.74) is -0.348. The van der Waals surface area contributed by atoms with Crippen LogP contribution in [0.25, 0.3) is 0 Å². The molecule has 1 N–H and O–H groups in total. The summed E-state index contributed by atoms with van der Waals surface area (Å²) in [6, 6.07) is 3.83. The van der Waals surface area contributed by atoms with Gasteiger partial charge in [-0.05, 0) is 66.5 Å². The Labute approximate surface area is 113 Å². The predicted molar refractivity (Wildman–Crippen MR) is 76.4 cm³/mol. The van der Waals surface area contributed by atoms with Gasteiger partial charge in [0.05, 0.1) is 6.07 Å². The summed E-state index contributed by atoms with van der Waals surface area (Å²) in [5, 5.41) is 12.2. The number of nitriles is 1. The molecule has 104 valence electrons. The van der Waals surface area contributed by atoms with Crippen LogP contribution in [0.15, 0.2) is 0 Å². The van der Waals surface area contributed by atoms with E-state index in [0.717, 1.165) is 24.9 Å². The fraction of sp³-hybridized carbons (Fsp3) is 0.933. The molecule has 0 aromatic heterocycles. The van der Waals surface area contributed by atoms with Crippen LogP contribution in [0.4, 0.5) is 0 Å². The summed E-state index contributed by atoms with van der Waals surface area (Å²) in [5.74, 6) is 0. The van der Waals surface area contributed by atoms with Crippen LogP contribution >= 0.6 is 0 Å². The Morgan fingerprint density at radius 1 is 1.28 bits per heavy atom. The summed E-state index contributed by atoms with van der Waals surface area (Å²) in [4.78, 5) is 2.65. The molecule has 3 heteroatoms. The van der Waals surface area contributed by atoms with Gasteiger partial charge < -0.3 is 5.32 Å². The first kappa shape index (κ1) is 15.5. The molecule has 1 aliphatic rings. The number of unbranched alkanes of at least 4 members (excludes halogenated alkanes) is 1. The topological polar surface area (TPSA) is 39.1 Å². The lowest BCUT2D eigenvalue weighted by atomic mass is 9.95. The van der Waals surface area contributed by atoms with E-state index in [1.807, 2.05) is 14.0 Å². The maximum absolute atomic E-state index is 9.09. The molecule has 1 fully saturated rings. The minimum Gasteiger partial charge on any atom is -0.303 e. The van der Waals surface area contributed by atoms with Crippen LogP contribution in [0.3, 0.4) is 0 Å². The SMILES string of the molecule is CNC(C)(C#N)CCCCN1C(C)CCCC1C. The van der Waals surface area contributed by atoms with E-state index in [2.05, 4.69) is 30.1 Å². The molecule has 18 heavy (non-hydrogen) atoms. The highest BCUT2D eigenvalue weighted by atomic mass is 15.2. The second kappa shape index (κ2) is 7.11. The highest BCUT2D eigenvalue weighted by molar-refractivity contribution is 5.02. The zero-order valence-corrected chi connectivity index (χ0v) is 12.5. The second-order valence-corrected chi connectivity index (χ2v) is 6.02. The number of nitrogens with one attached hydrogen (secondary N) is 1. The summed E-state index contributed by atoms with van der Waals surface area (Å²) >= 11 is 0. The van der Waals surface area contributed by atoms with E-state index in [0.29, 0.717) is 0 Å². The Hall–Kier alpha value is -0.590. The maximum atomic E-state index is 9.09. The van der Waals surface area contributed by atoms with Crippen LogP contribution in [-0.2, 0) is 0 Å². The number of nitrogens with zero attached hydrogens (tertiary/aromatic N) is 2. The van der Waals surface area contributed by atoms with Gasteiger partial charge in [0.25, 0.3) is 0 Å². The van der Waals surface area contributed by atoms with Crippen molar-refractivity contribution >= 4 is 0 Å². The third-order valence-corrected chi connectivity index (χ3v) is 4.52. The lowest BCUT2D eigenvalue weighted by Crippen LogP contribution is -2.44. The molecule has 1 saturated heterocycles. The third-order valence-electron chi connectivity index (χ3n) is 4.52. The van der Waals surface area contributed by atoms with Gasteiger partial charge in [-0.25, -0.2) is 0 Å². The molecule has 0 amide bonds. The highest BCUT2D eigenvalue weighted by Gasteiger charge is 2.24. The summed E-state index contributed by atoms with van der Waals surface area (Å²) in [6.45, 7) is 7.87. The minimum atomic E-state index is -0.348. The van der Waals surface area contributed by atoms with E-state index >= 15 is 0 Å². The number of hydrogen-bond acceptors (Lipinski definition) is 3. The molecule has 0 saturated carbocycles. The van der Waals surface area contributed by atoms with Crippen molar-refractivity contribution in [1.82, 2.24) is 10.2 Å². The molecule has 3 nitrogen and oxygen atoms in total. The highest BCUT2D eigenvalue weighted by Crippen LogP contribution is 2.23. The fourth-order valence-corrected chi connectivity index (χ4v) is 2.93. The van der Waals surface area contributed by atoms with E-state index in [1.165, 1.54) is 32.2 Å². The van der Waals surface area contributed by atoms with Gasteiger partial charge >= 0.3 is 0 Å². The molecule has 1 heterocycles. The molecule has 0 spiro atoms. The van der Waals surface area contributed by atoms with Crippen LogP contribution in [-0.4, -0.2) is 36.1 Å². The average molecular weight is 251 g/mol. The quantitative estimate of drug-likeness (QED) is 0.738. The zero-order chi connectivity index (χ0) is 13.6. The molecule has 1 rings (SSSR count). The Balaban J connectivity index is 2.27. The van der Waals surface area contributed by atoms with E-state index < -0.39 is 0 Å². The first-order valence-electron chi connectivity index (χ1n) is 7.38. The molecule has 1 aliphatic heterocycles. The van der Waals surface area contributed by atoms with Gasteiger partial charge in [-0.2, -0.15) is 5.26 Å². The zero-order valence-electron chi connectivity index (χ0n) is 12.5. The van der Waals surface area contributed by atoms with Crippen molar-refractivity contribution in [3.63, 3.8) is 0 Å². The first-order valence-corrected chi connectivity index (χ1v) is 7.38. The lowest BCUT2D eigenvalue weighted by Gasteiger charge is -2.39. The molecule has 3 unspecified atom stereocenters. The van der Waals surface area contributed by atoms with Crippen LogP contribution in [0.1, 0.15) is 59.3 Å². The Morgan fingerprint density at radius 2 is 1.89 bits per heavy atom. The monoisotopic (exact) mass is 251 g/mol. The van der Waals surface area contributed by atoms with Crippen LogP contribution in [0.2, 0.25) is 0 Å². The first-order chi connectivity index (χ1) is 8.52. The summed E-state index contributed by atoms with van der Waals surface area (Å²) in [6.07, 6.45) is 7.34. The van der Waals surface area contributed by atoms with Crippen molar-refractivity contribution in [2.45, 2.75) is 76.9 Å². The minimum absolute atomic E-state index is 0.348. The normalized spacial score (nSPS) is 28.6.